The molecule has 3 fully saturated rings. The average Bonchev–Trinajstić information content (AvgIpc) is 3.01. The molecule has 0 aromatic rings. The molecule has 5 aliphatic rings. The molecule has 4 heteroatoms. The summed E-state index contributed by atoms with van der Waals surface area (Å²) in [5.74, 6) is 0.447. The molecule has 3 saturated heterocycles. The predicted octanol–water partition coefficient (Wildman–Crippen LogP) is 1.34. The summed E-state index contributed by atoms with van der Waals surface area (Å²) < 4.78 is 5.96. The summed E-state index contributed by atoms with van der Waals surface area (Å²) in [6, 6.07) is 0.870. The minimum absolute atomic E-state index is 0.0701. The number of likely N-dealkylation sites (tertiary alicyclic amines) is 2. The number of fused-ring (bicyclic) bond motifs is 2. The second-order valence-corrected chi connectivity index (χ2v) is 10.9. The van der Waals surface area contributed by atoms with Gasteiger partial charge < -0.3 is 14.5 Å². The minimum atomic E-state index is 0.0701. The molecule has 0 aromatic heterocycles. The molecule has 3 aliphatic heterocycles. The Bertz CT molecular complexity index is 700. The largest absolute Gasteiger partial charge is 0.461 e. The summed E-state index contributed by atoms with van der Waals surface area (Å²) in [6.45, 7) is 10.9. The molecule has 0 bridgehead atoms. The molecule has 160 valence electrons. The number of quaternary nitrogens is 2. The number of carbonyl (C=O) groups is 1. The quantitative estimate of drug-likeness (QED) is 0.702. The van der Waals surface area contributed by atoms with Crippen LogP contribution in [0.4, 0.5) is 0 Å². The van der Waals surface area contributed by atoms with Crippen molar-refractivity contribution in [1.29, 1.82) is 0 Å². The summed E-state index contributed by atoms with van der Waals surface area (Å²) in [5.41, 5.74) is 3.15. The summed E-state index contributed by atoms with van der Waals surface area (Å²) in [7, 11) is 0. The highest BCUT2D eigenvalue weighted by Crippen LogP contribution is 2.52. The van der Waals surface area contributed by atoms with Gasteiger partial charge in [0.15, 0.2) is 0 Å². The maximum Gasteiger partial charge on any atom is 0.315 e. The molecule has 29 heavy (non-hydrogen) atoms. The molecule has 4 nitrogen and oxygen atoms in total. The first-order valence-electron chi connectivity index (χ1n) is 12.3. The van der Waals surface area contributed by atoms with E-state index < -0.39 is 0 Å². The van der Waals surface area contributed by atoms with Gasteiger partial charge in [0, 0.05) is 18.8 Å². The van der Waals surface area contributed by atoms with Crippen molar-refractivity contribution in [2.75, 3.05) is 32.7 Å². The van der Waals surface area contributed by atoms with Crippen LogP contribution in [0.2, 0.25) is 0 Å². The van der Waals surface area contributed by atoms with Crippen LogP contribution in [0.5, 0.6) is 0 Å². The van der Waals surface area contributed by atoms with Crippen LogP contribution >= 0.6 is 0 Å². The summed E-state index contributed by atoms with van der Waals surface area (Å²) in [5, 5.41) is 0. The van der Waals surface area contributed by atoms with Gasteiger partial charge in [-0.2, -0.15) is 0 Å². The van der Waals surface area contributed by atoms with Gasteiger partial charge in [0.2, 0.25) is 0 Å². The third-order valence-corrected chi connectivity index (χ3v) is 8.97. The SMILES string of the molecule is CC1=CCC[C@]2(C)C[C@H]3OC(=O)[C@H](C[NH+]4CCC([NH+]5CCCCC5)CC4)[C@H]3C=C12. The van der Waals surface area contributed by atoms with Crippen LogP contribution in [0, 0.1) is 17.3 Å². The van der Waals surface area contributed by atoms with Crippen LogP contribution in [0.1, 0.15) is 65.2 Å². The number of ether oxygens (including phenoxy) is 1. The molecule has 0 radical (unpaired) electrons. The lowest BCUT2D eigenvalue weighted by molar-refractivity contribution is -0.961. The number of carbonyl (C=O) groups excluding carboxylic acids is 1. The van der Waals surface area contributed by atoms with Crippen molar-refractivity contribution in [2.45, 2.75) is 77.4 Å². The van der Waals surface area contributed by atoms with Crippen LogP contribution in [0.15, 0.2) is 23.3 Å². The van der Waals surface area contributed by atoms with Crippen molar-refractivity contribution in [3.63, 3.8) is 0 Å². The summed E-state index contributed by atoms with van der Waals surface area (Å²) in [4.78, 5) is 16.3. The number of hydrogen-bond acceptors (Lipinski definition) is 2. The average molecular weight is 401 g/mol. The highest BCUT2D eigenvalue weighted by Gasteiger charge is 2.52. The third kappa shape index (κ3) is 3.72. The Balaban J connectivity index is 1.24. The first kappa shape index (κ1) is 19.8. The molecule has 5 rings (SSSR count). The molecular formula is C25H40N2O2+2. The zero-order valence-corrected chi connectivity index (χ0v) is 18.5. The Morgan fingerprint density at radius 1 is 1.14 bits per heavy atom. The monoisotopic (exact) mass is 400 g/mol. The van der Waals surface area contributed by atoms with Crippen LogP contribution in [0.25, 0.3) is 0 Å². The predicted molar refractivity (Wildman–Crippen MR) is 114 cm³/mol. The highest BCUT2D eigenvalue weighted by molar-refractivity contribution is 5.76. The van der Waals surface area contributed by atoms with Crippen LogP contribution in [0.3, 0.4) is 0 Å². The molecule has 0 aromatic carbocycles. The first-order valence-corrected chi connectivity index (χ1v) is 12.3. The number of piperidine rings is 2. The maximum absolute atomic E-state index is 12.8. The molecule has 3 heterocycles. The van der Waals surface area contributed by atoms with Crippen molar-refractivity contribution in [3.05, 3.63) is 23.3 Å². The zero-order chi connectivity index (χ0) is 20.0. The second-order valence-electron chi connectivity index (χ2n) is 10.9. The van der Waals surface area contributed by atoms with Crippen molar-refractivity contribution >= 4 is 5.97 Å². The van der Waals surface area contributed by atoms with E-state index in [1.807, 2.05) is 4.90 Å². The van der Waals surface area contributed by atoms with E-state index in [9.17, 15) is 4.79 Å². The fraction of sp³-hybridized carbons (Fsp3) is 0.800. The molecular weight excluding hydrogens is 360 g/mol. The lowest BCUT2D eigenvalue weighted by atomic mass is 9.62. The highest BCUT2D eigenvalue weighted by atomic mass is 16.6. The van der Waals surface area contributed by atoms with Crippen molar-refractivity contribution < 1.29 is 19.3 Å². The van der Waals surface area contributed by atoms with Gasteiger partial charge >= 0.3 is 5.97 Å². The van der Waals surface area contributed by atoms with E-state index in [1.165, 1.54) is 75.9 Å². The van der Waals surface area contributed by atoms with Crippen molar-refractivity contribution in [1.82, 2.24) is 0 Å². The van der Waals surface area contributed by atoms with Crippen LogP contribution in [-0.4, -0.2) is 50.8 Å². The first-order chi connectivity index (χ1) is 14.0. The molecule has 0 spiro atoms. The van der Waals surface area contributed by atoms with E-state index in [1.54, 1.807) is 4.90 Å². The van der Waals surface area contributed by atoms with Gasteiger partial charge in [-0.3, -0.25) is 4.79 Å². The molecule has 2 aliphatic carbocycles. The Morgan fingerprint density at radius 3 is 2.66 bits per heavy atom. The number of esters is 1. The number of nitrogens with one attached hydrogen (secondary N) is 2. The number of hydrogen-bond donors (Lipinski definition) is 2. The Kier molecular flexibility index (Phi) is 5.36. The maximum atomic E-state index is 12.8. The molecule has 2 N–H and O–H groups in total. The van der Waals surface area contributed by atoms with Gasteiger partial charge in [-0.05, 0) is 56.4 Å². The van der Waals surface area contributed by atoms with Crippen molar-refractivity contribution in [2.24, 2.45) is 17.3 Å². The van der Waals surface area contributed by atoms with Gasteiger partial charge in [-0.15, -0.1) is 0 Å². The zero-order valence-electron chi connectivity index (χ0n) is 18.5. The Labute approximate surface area is 176 Å². The second kappa shape index (κ2) is 7.85. The normalized spacial score (nSPS) is 43.1. The lowest BCUT2D eigenvalue weighted by Gasteiger charge is -2.43. The van der Waals surface area contributed by atoms with E-state index >= 15 is 0 Å². The standard InChI is InChI=1S/C25H38N2O2/c1-18-7-6-10-25(2)16-23-20(15-22(18)25)21(24(28)29-23)17-26-13-8-19(9-14-26)27-11-4-3-5-12-27/h7,15,19-21,23H,3-6,8-14,16-17H2,1-2H3/p+2/t20-,21-,23-,25-/m1/s1. The lowest BCUT2D eigenvalue weighted by Crippen LogP contribution is -3.21. The molecule has 0 unspecified atom stereocenters. The van der Waals surface area contributed by atoms with Gasteiger partial charge in [-0.25, -0.2) is 0 Å². The van der Waals surface area contributed by atoms with Crippen LogP contribution in [-0.2, 0) is 9.53 Å². The van der Waals surface area contributed by atoms with Crippen LogP contribution < -0.4 is 9.80 Å². The number of allylic oxidation sites excluding steroid dienone is 3. The number of rotatable bonds is 3. The van der Waals surface area contributed by atoms with Crippen molar-refractivity contribution in [3.8, 4) is 0 Å². The molecule has 0 saturated carbocycles. The van der Waals surface area contributed by atoms with E-state index in [0.717, 1.165) is 25.4 Å². The minimum Gasteiger partial charge on any atom is -0.461 e. The third-order valence-electron chi connectivity index (χ3n) is 8.97. The molecule has 0 amide bonds. The fourth-order valence-electron chi connectivity index (χ4n) is 7.22. The van der Waals surface area contributed by atoms with E-state index in [2.05, 4.69) is 26.0 Å². The smallest absolute Gasteiger partial charge is 0.315 e. The summed E-state index contributed by atoms with van der Waals surface area (Å²) >= 11 is 0. The fourth-order valence-corrected chi connectivity index (χ4v) is 7.22. The topological polar surface area (TPSA) is 35.2 Å². The van der Waals surface area contributed by atoms with E-state index in [-0.39, 0.29) is 23.4 Å². The van der Waals surface area contributed by atoms with E-state index in [4.69, 9.17) is 4.74 Å². The Morgan fingerprint density at radius 2 is 1.90 bits per heavy atom. The van der Waals surface area contributed by atoms with E-state index in [0.29, 0.717) is 5.92 Å². The molecule has 4 atom stereocenters. The van der Waals surface area contributed by atoms with Gasteiger partial charge in [-0.1, -0.05) is 24.6 Å². The van der Waals surface area contributed by atoms with Gasteiger partial charge in [0.05, 0.1) is 38.8 Å². The van der Waals surface area contributed by atoms with Gasteiger partial charge in [0.1, 0.15) is 12.0 Å². The Hall–Kier alpha value is -1.13. The summed E-state index contributed by atoms with van der Waals surface area (Å²) in [6.07, 6.45) is 15.3. The van der Waals surface area contributed by atoms with Gasteiger partial charge in [0.25, 0.3) is 0 Å².